The SMILES string of the molecule is CCC(C)CSCCNc1ccccc1. The second kappa shape index (κ2) is 7.63. The monoisotopic (exact) mass is 223 g/mol. The minimum Gasteiger partial charge on any atom is -0.384 e. The van der Waals surface area contributed by atoms with Gasteiger partial charge in [0.2, 0.25) is 0 Å². The first-order valence-electron chi connectivity index (χ1n) is 5.69. The summed E-state index contributed by atoms with van der Waals surface area (Å²) in [5.74, 6) is 3.33. The Morgan fingerprint density at radius 2 is 2.00 bits per heavy atom. The van der Waals surface area contributed by atoms with Gasteiger partial charge in [0, 0.05) is 18.0 Å². The molecule has 0 amide bonds. The fourth-order valence-corrected chi connectivity index (χ4v) is 2.28. The van der Waals surface area contributed by atoms with Gasteiger partial charge >= 0.3 is 0 Å². The maximum Gasteiger partial charge on any atom is 0.0340 e. The van der Waals surface area contributed by atoms with Crippen LogP contribution in [0.2, 0.25) is 0 Å². The molecule has 0 aliphatic rings. The van der Waals surface area contributed by atoms with E-state index >= 15 is 0 Å². The van der Waals surface area contributed by atoms with Crippen molar-refractivity contribution in [2.45, 2.75) is 20.3 Å². The number of rotatable bonds is 7. The zero-order chi connectivity index (χ0) is 10.9. The lowest BCUT2D eigenvalue weighted by Crippen LogP contribution is -2.05. The molecule has 1 aromatic rings. The second-order valence-electron chi connectivity index (χ2n) is 3.88. The lowest BCUT2D eigenvalue weighted by molar-refractivity contribution is 0.637. The number of anilines is 1. The van der Waals surface area contributed by atoms with Gasteiger partial charge in [-0.05, 0) is 23.8 Å². The Labute approximate surface area is 97.7 Å². The Balaban J connectivity index is 2.03. The van der Waals surface area contributed by atoms with Crippen molar-refractivity contribution in [3.63, 3.8) is 0 Å². The molecule has 84 valence electrons. The molecule has 15 heavy (non-hydrogen) atoms. The maximum absolute atomic E-state index is 3.42. The molecule has 1 N–H and O–H groups in total. The Kier molecular flexibility index (Phi) is 6.33. The second-order valence-corrected chi connectivity index (χ2v) is 5.03. The van der Waals surface area contributed by atoms with Gasteiger partial charge in [-0.1, -0.05) is 38.5 Å². The summed E-state index contributed by atoms with van der Waals surface area (Å²) < 4.78 is 0. The Morgan fingerprint density at radius 3 is 2.67 bits per heavy atom. The fourth-order valence-electron chi connectivity index (χ4n) is 1.23. The van der Waals surface area contributed by atoms with Gasteiger partial charge in [0.25, 0.3) is 0 Å². The predicted octanol–water partition coefficient (Wildman–Crippen LogP) is 3.88. The van der Waals surface area contributed by atoms with Crippen LogP contribution in [-0.4, -0.2) is 18.1 Å². The van der Waals surface area contributed by atoms with E-state index in [9.17, 15) is 0 Å². The molecule has 0 saturated carbocycles. The van der Waals surface area contributed by atoms with Crippen molar-refractivity contribution in [2.75, 3.05) is 23.4 Å². The Hall–Kier alpha value is -0.630. The first kappa shape index (κ1) is 12.4. The molecule has 1 rings (SSSR count). The molecule has 0 aliphatic carbocycles. The molecule has 0 fully saturated rings. The number of para-hydroxylation sites is 1. The maximum atomic E-state index is 3.42. The van der Waals surface area contributed by atoms with Gasteiger partial charge in [-0.3, -0.25) is 0 Å². The van der Waals surface area contributed by atoms with E-state index in [4.69, 9.17) is 0 Å². The first-order chi connectivity index (χ1) is 7.33. The third-order valence-corrected chi connectivity index (χ3v) is 3.75. The number of nitrogens with one attached hydrogen (secondary N) is 1. The zero-order valence-corrected chi connectivity index (χ0v) is 10.5. The van der Waals surface area contributed by atoms with E-state index in [2.05, 4.69) is 43.4 Å². The van der Waals surface area contributed by atoms with Crippen LogP contribution < -0.4 is 5.32 Å². The van der Waals surface area contributed by atoms with Crippen LogP contribution in [0.1, 0.15) is 20.3 Å². The molecule has 0 aromatic heterocycles. The van der Waals surface area contributed by atoms with Crippen molar-refractivity contribution >= 4 is 17.4 Å². The molecule has 0 radical (unpaired) electrons. The van der Waals surface area contributed by atoms with Crippen LogP contribution in [0.15, 0.2) is 30.3 Å². The fraction of sp³-hybridized carbons (Fsp3) is 0.538. The van der Waals surface area contributed by atoms with E-state index < -0.39 is 0 Å². The molecule has 1 unspecified atom stereocenters. The van der Waals surface area contributed by atoms with Crippen LogP contribution in [0, 0.1) is 5.92 Å². The average Bonchev–Trinajstić information content (AvgIpc) is 2.29. The highest BCUT2D eigenvalue weighted by Crippen LogP contribution is 2.11. The van der Waals surface area contributed by atoms with Crippen LogP contribution >= 0.6 is 11.8 Å². The summed E-state index contributed by atoms with van der Waals surface area (Å²) in [5.41, 5.74) is 1.22. The smallest absolute Gasteiger partial charge is 0.0340 e. The molecule has 0 spiro atoms. The van der Waals surface area contributed by atoms with Crippen LogP contribution in [0.4, 0.5) is 5.69 Å². The van der Waals surface area contributed by atoms with E-state index in [0.717, 1.165) is 12.5 Å². The summed E-state index contributed by atoms with van der Waals surface area (Å²) in [6.07, 6.45) is 1.29. The van der Waals surface area contributed by atoms with Gasteiger partial charge in [-0.25, -0.2) is 0 Å². The highest BCUT2D eigenvalue weighted by atomic mass is 32.2. The van der Waals surface area contributed by atoms with Crippen LogP contribution in [0.5, 0.6) is 0 Å². The highest BCUT2D eigenvalue weighted by molar-refractivity contribution is 7.99. The molecule has 1 nitrogen and oxygen atoms in total. The molecule has 2 heteroatoms. The summed E-state index contributed by atoms with van der Waals surface area (Å²) in [6, 6.07) is 10.4. The highest BCUT2D eigenvalue weighted by Gasteiger charge is 1.97. The molecule has 0 heterocycles. The number of benzene rings is 1. The summed E-state index contributed by atoms with van der Waals surface area (Å²) >= 11 is 2.04. The number of hydrogen-bond donors (Lipinski definition) is 1. The zero-order valence-electron chi connectivity index (χ0n) is 9.70. The Morgan fingerprint density at radius 1 is 1.27 bits per heavy atom. The predicted molar refractivity (Wildman–Crippen MR) is 71.7 cm³/mol. The van der Waals surface area contributed by atoms with E-state index in [1.165, 1.54) is 23.6 Å². The molecule has 0 aliphatic heterocycles. The lowest BCUT2D eigenvalue weighted by atomic mass is 10.2. The van der Waals surface area contributed by atoms with Crippen molar-refractivity contribution in [1.29, 1.82) is 0 Å². The number of hydrogen-bond acceptors (Lipinski definition) is 2. The van der Waals surface area contributed by atoms with E-state index in [-0.39, 0.29) is 0 Å². The summed E-state index contributed by atoms with van der Waals surface area (Å²) in [4.78, 5) is 0. The summed E-state index contributed by atoms with van der Waals surface area (Å²) in [6.45, 7) is 5.64. The third kappa shape index (κ3) is 5.73. The van der Waals surface area contributed by atoms with Gasteiger partial charge in [0.05, 0.1) is 0 Å². The number of thioether (sulfide) groups is 1. The largest absolute Gasteiger partial charge is 0.384 e. The molecular weight excluding hydrogens is 202 g/mol. The van der Waals surface area contributed by atoms with Crippen molar-refractivity contribution in [3.05, 3.63) is 30.3 Å². The molecular formula is C13H21NS. The summed E-state index contributed by atoms with van der Waals surface area (Å²) in [7, 11) is 0. The average molecular weight is 223 g/mol. The van der Waals surface area contributed by atoms with Crippen LogP contribution in [-0.2, 0) is 0 Å². The minimum atomic E-state index is 0.853. The van der Waals surface area contributed by atoms with Crippen LogP contribution in [0.3, 0.4) is 0 Å². The van der Waals surface area contributed by atoms with Gasteiger partial charge in [0.15, 0.2) is 0 Å². The molecule has 0 saturated heterocycles. The van der Waals surface area contributed by atoms with E-state index in [1.54, 1.807) is 0 Å². The van der Waals surface area contributed by atoms with E-state index in [0.29, 0.717) is 0 Å². The first-order valence-corrected chi connectivity index (χ1v) is 6.85. The van der Waals surface area contributed by atoms with Crippen molar-refractivity contribution in [3.8, 4) is 0 Å². The summed E-state index contributed by atoms with van der Waals surface area (Å²) in [5, 5.41) is 3.42. The quantitative estimate of drug-likeness (QED) is 0.704. The van der Waals surface area contributed by atoms with E-state index in [1.807, 2.05) is 17.8 Å². The Bertz CT molecular complexity index is 248. The van der Waals surface area contributed by atoms with Gasteiger partial charge in [0.1, 0.15) is 0 Å². The lowest BCUT2D eigenvalue weighted by Gasteiger charge is -2.08. The normalized spacial score (nSPS) is 12.4. The van der Waals surface area contributed by atoms with Gasteiger partial charge in [-0.2, -0.15) is 11.8 Å². The third-order valence-electron chi connectivity index (χ3n) is 2.45. The van der Waals surface area contributed by atoms with Gasteiger partial charge in [-0.15, -0.1) is 0 Å². The molecule has 0 bridgehead atoms. The minimum absolute atomic E-state index is 0.853. The standard InChI is InChI=1S/C13H21NS/c1-3-12(2)11-15-10-9-14-13-7-5-4-6-8-13/h4-8,12,14H,3,9-11H2,1-2H3. The van der Waals surface area contributed by atoms with Gasteiger partial charge < -0.3 is 5.32 Å². The topological polar surface area (TPSA) is 12.0 Å². The van der Waals surface area contributed by atoms with Crippen molar-refractivity contribution in [1.82, 2.24) is 0 Å². The molecule has 1 aromatic carbocycles. The molecule has 1 atom stereocenters. The van der Waals surface area contributed by atoms with Crippen molar-refractivity contribution in [2.24, 2.45) is 5.92 Å². The van der Waals surface area contributed by atoms with Crippen molar-refractivity contribution < 1.29 is 0 Å². The van der Waals surface area contributed by atoms with Crippen LogP contribution in [0.25, 0.3) is 0 Å².